The summed E-state index contributed by atoms with van der Waals surface area (Å²) in [5, 5.41) is 2.94. The number of nitrogens with one attached hydrogen (secondary N) is 1. The predicted molar refractivity (Wildman–Crippen MR) is 85.3 cm³/mol. The second kappa shape index (κ2) is 7.43. The highest BCUT2D eigenvalue weighted by molar-refractivity contribution is 5.93. The summed E-state index contributed by atoms with van der Waals surface area (Å²) in [5.41, 5.74) is 8.24. The Hall–Kier alpha value is -1.59. The van der Waals surface area contributed by atoms with Crippen molar-refractivity contribution in [2.45, 2.75) is 32.8 Å². The molecule has 1 aliphatic rings. The summed E-state index contributed by atoms with van der Waals surface area (Å²) in [5.74, 6) is -0.0106. The lowest BCUT2D eigenvalue weighted by Gasteiger charge is -2.23. The molecule has 0 aromatic heterocycles. The number of carbonyl (C=O) groups excluding carboxylic acids is 1. The first-order valence-corrected chi connectivity index (χ1v) is 7.59. The molecule has 5 heteroatoms. The summed E-state index contributed by atoms with van der Waals surface area (Å²) < 4.78 is 5.63. The lowest BCUT2D eigenvalue weighted by molar-refractivity contribution is -0.117. The smallest absolute Gasteiger partial charge is 0.238 e. The topological polar surface area (TPSA) is 67.6 Å². The van der Waals surface area contributed by atoms with E-state index in [1.807, 2.05) is 25.1 Å². The molecule has 5 nitrogen and oxygen atoms in total. The summed E-state index contributed by atoms with van der Waals surface area (Å²) >= 11 is 0. The van der Waals surface area contributed by atoms with Crippen molar-refractivity contribution >= 4 is 17.3 Å². The minimum absolute atomic E-state index is 0.0106. The van der Waals surface area contributed by atoms with Crippen LogP contribution in [0.25, 0.3) is 0 Å². The molecular weight excluding hydrogens is 266 g/mol. The van der Waals surface area contributed by atoms with E-state index in [1.165, 1.54) is 0 Å². The van der Waals surface area contributed by atoms with Crippen LogP contribution in [-0.4, -0.2) is 43.2 Å². The minimum Gasteiger partial charge on any atom is -0.398 e. The van der Waals surface area contributed by atoms with Crippen molar-refractivity contribution in [3.8, 4) is 0 Å². The number of hydrogen-bond donors (Lipinski definition) is 2. The fourth-order valence-corrected chi connectivity index (χ4v) is 2.56. The summed E-state index contributed by atoms with van der Waals surface area (Å²) in [6, 6.07) is 5.56. The van der Waals surface area contributed by atoms with E-state index in [9.17, 15) is 4.79 Å². The lowest BCUT2D eigenvalue weighted by atomic mass is 10.1. The number of nitrogens with zero attached hydrogens (tertiary/aromatic N) is 1. The lowest BCUT2D eigenvalue weighted by Crippen LogP contribution is -2.38. The van der Waals surface area contributed by atoms with Crippen molar-refractivity contribution < 1.29 is 9.53 Å². The van der Waals surface area contributed by atoms with Gasteiger partial charge in [-0.1, -0.05) is 13.0 Å². The fourth-order valence-electron chi connectivity index (χ4n) is 2.56. The van der Waals surface area contributed by atoms with Gasteiger partial charge in [-0.15, -0.1) is 0 Å². The average molecular weight is 291 g/mol. The molecule has 2 rings (SSSR count). The Kier molecular flexibility index (Phi) is 5.59. The molecular formula is C16H25N3O2. The Balaban J connectivity index is 1.88. The predicted octanol–water partition coefficient (Wildman–Crippen LogP) is 2.02. The number of hydrogen-bond acceptors (Lipinski definition) is 4. The Morgan fingerprint density at radius 2 is 2.33 bits per heavy atom. The molecule has 21 heavy (non-hydrogen) atoms. The number of nitrogen functional groups attached to an aromatic ring is 1. The van der Waals surface area contributed by atoms with Crippen molar-refractivity contribution in [1.82, 2.24) is 4.90 Å². The van der Waals surface area contributed by atoms with E-state index in [1.54, 1.807) is 0 Å². The van der Waals surface area contributed by atoms with Gasteiger partial charge in [0.25, 0.3) is 0 Å². The molecule has 1 unspecified atom stereocenters. The zero-order valence-electron chi connectivity index (χ0n) is 12.9. The minimum atomic E-state index is -0.0106. The summed E-state index contributed by atoms with van der Waals surface area (Å²) in [6.45, 7) is 6.85. The van der Waals surface area contributed by atoms with Gasteiger partial charge in [0.05, 0.1) is 12.6 Å². The van der Waals surface area contributed by atoms with Crippen LogP contribution in [-0.2, 0) is 9.53 Å². The monoisotopic (exact) mass is 291 g/mol. The highest BCUT2D eigenvalue weighted by atomic mass is 16.5. The Morgan fingerprint density at radius 1 is 1.52 bits per heavy atom. The largest absolute Gasteiger partial charge is 0.398 e. The first kappa shape index (κ1) is 15.8. The molecule has 1 aromatic carbocycles. The van der Waals surface area contributed by atoms with Crippen LogP contribution in [0.5, 0.6) is 0 Å². The van der Waals surface area contributed by atoms with Crippen LogP contribution in [0.2, 0.25) is 0 Å². The Labute approximate surface area is 126 Å². The van der Waals surface area contributed by atoms with E-state index in [-0.39, 0.29) is 12.0 Å². The van der Waals surface area contributed by atoms with Crippen molar-refractivity contribution in [3.63, 3.8) is 0 Å². The summed E-state index contributed by atoms with van der Waals surface area (Å²) in [6.07, 6.45) is 2.48. The van der Waals surface area contributed by atoms with Crippen molar-refractivity contribution in [3.05, 3.63) is 23.8 Å². The maximum atomic E-state index is 12.2. The van der Waals surface area contributed by atoms with E-state index >= 15 is 0 Å². The zero-order valence-corrected chi connectivity index (χ0v) is 12.9. The molecule has 1 fully saturated rings. The molecule has 1 heterocycles. The number of amides is 1. The Morgan fingerprint density at radius 3 is 3.00 bits per heavy atom. The number of nitrogens with two attached hydrogens (primary N) is 1. The maximum Gasteiger partial charge on any atom is 0.238 e. The van der Waals surface area contributed by atoms with E-state index in [0.717, 1.165) is 43.8 Å². The van der Waals surface area contributed by atoms with Crippen molar-refractivity contribution in [2.75, 3.05) is 37.3 Å². The van der Waals surface area contributed by atoms with Crippen LogP contribution >= 0.6 is 0 Å². The molecule has 1 atom stereocenters. The molecule has 0 bridgehead atoms. The van der Waals surface area contributed by atoms with Gasteiger partial charge in [-0.2, -0.15) is 0 Å². The quantitative estimate of drug-likeness (QED) is 0.787. The first-order valence-electron chi connectivity index (χ1n) is 7.59. The third-order valence-corrected chi connectivity index (χ3v) is 3.95. The third kappa shape index (κ3) is 4.44. The molecule has 3 N–H and O–H groups in total. The third-order valence-electron chi connectivity index (χ3n) is 3.95. The van der Waals surface area contributed by atoms with Gasteiger partial charge >= 0.3 is 0 Å². The number of benzene rings is 1. The van der Waals surface area contributed by atoms with Crippen LogP contribution in [0.1, 0.15) is 25.3 Å². The maximum absolute atomic E-state index is 12.2. The van der Waals surface area contributed by atoms with Crippen LogP contribution in [0.4, 0.5) is 11.4 Å². The molecule has 0 spiro atoms. The zero-order chi connectivity index (χ0) is 15.2. The van der Waals surface area contributed by atoms with Crippen LogP contribution in [0.3, 0.4) is 0 Å². The first-order chi connectivity index (χ1) is 10.1. The number of anilines is 2. The molecule has 1 saturated heterocycles. The van der Waals surface area contributed by atoms with Gasteiger partial charge in [0.1, 0.15) is 0 Å². The molecule has 1 aliphatic heterocycles. The van der Waals surface area contributed by atoms with Crippen LogP contribution in [0.15, 0.2) is 18.2 Å². The van der Waals surface area contributed by atoms with Gasteiger partial charge < -0.3 is 15.8 Å². The normalized spacial score (nSPS) is 18.1. The van der Waals surface area contributed by atoms with Gasteiger partial charge in [-0.05, 0) is 44.0 Å². The second-order valence-corrected chi connectivity index (χ2v) is 5.53. The van der Waals surface area contributed by atoms with Gasteiger partial charge in [0.15, 0.2) is 0 Å². The van der Waals surface area contributed by atoms with Gasteiger partial charge in [-0.25, -0.2) is 0 Å². The summed E-state index contributed by atoms with van der Waals surface area (Å²) in [4.78, 5) is 14.3. The van der Waals surface area contributed by atoms with E-state index in [4.69, 9.17) is 10.5 Å². The number of ether oxygens (including phenoxy) is 1. The van der Waals surface area contributed by atoms with Gasteiger partial charge in [-0.3, -0.25) is 9.69 Å². The van der Waals surface area contributed by atoms with Crippen molar-refractivity contribution in [2.24, 2.45) is 0 Å². The van der Waals surface area contributed by atoms with E-state index in [0.29, 0.717) is 12.2 Å². The second-order valence-electron chi connectivity index (χ2n) is 5.53. The highest BCUT2D eigenvalue weighted by Gasteiger charge is 2.20. The van der Waals surface area contributed by atoms with E-state index in [2.05, 4.69) is 17.1 Å². The summed E-state index contributed by atoms with van der Waals surface area (Å²) in [7, 11) is 0. The SMILES string of the molecule is CCN(CC(=O)Nc1cccc(N)c1C)CC1CCCO1. The van der Waals surface area contributed by atoms with Crippen molar-refractivity contribution in [1.29, 1.82) is 0 Å². The number of rotatable bonds is 6. The highest BCUT2D eigenvalue weighted by Crippen LogP contribution is 2.20. The fraction of sp³-hybridized carbons (Fsp3) is 0.562. The Bertz CT molecular complexity index is 484. The standard InChI is InChI=1S/C16H25N3O2/c1-3-19(10-13-6-5-9-21-13)11-16(20)18-15-8-4-7-14(17)12(15)2/h4,7-8,13H,3,5-6,9-11,17H2,1-2H3,(H,18,20). The van der Waals surface area contributed by atoms with Crippen LogP contribution in [0, 0.1) is 6.92 Å². The molecule has 0 saturated carbocycles. The average Bonchev–Trinajstić information content (AvgIpc) is 2.96. The van der Waals surface area contributed by atoms with Gasteiger partial charge in [0.2, 0.25) is 5.91 Å². The molecule has 0 radical (unpaired) electrons. The molecule has 0 aliphatic carbocycles. The molecule has 116 valence electrons. The number of likely N-dealkylation sites (N-methyl/N-ethyl adjacent to an activating group) is 1. The number of carbonyl (C=O) groups is 1. The van der Waals surface area contributed by atoms with E-state index < -0.39 is 0 Å². The molecule has 1 aromatic rings. The van der Waals surface area contributed by atoms with Gasteiger partial charge in [0, 0.05) is 24.5 Å². The molecule has 1 amide bonds. The van der Waals surface area contributed by atoms with Crippen LogP contribution < -0.4 is 11.1 Å².